The van der Waals surface area contributed by atoms with E-state index in [1.807, 2.05) is 66.5 Å². The predicted octanol–water partition coefficient (Wildman–Crippen LogP) is 3.25. The van der Waals surface area contributed by atoms with Gasteiger partial charge in [-0.05, 0) is 44.2 Å². The summed E-state index contributed by atoms with van der Waals surface area (Å²) in [5.41, 5.74) is 2.57. The van der Waals surface area contributed by atoms with Gasteiger partial charge in [0.2, 0.25) is 0 Å². The maximum Gasteiger partial charge on any atom is 0.256 e. The van der Waals surface area contributed by atoms with E-state index in [0.717, 1.165) is 42.9 Å². The van der Waals surface area contributed by atoms with Crippen LogP contribution in [0.25, 0.3) is 0 Å². The first-order valence-electron chi connectivity index (χ1n) is 8.15. The fourth-order valence-corrected chi connectivity index (χ4v) is 3.02. The standard InChI is InChI=1S/C19H23N3O/c1-20-16-10-7-13-22(14-16)19(23)17-11-5-6-12-18(17)21-15-8-3-2-4-9-15/h2-6,8-9,11-12,16,20-21H,7,10,13-14H2,1H3. The summed E-state index contributed by atoms with van der Waals surface area (Å²) in [7, 11) is 1.96. The molecule has 0 aliphatic carbocycles. The van der Waals surface area contributed by atoms with Gasteiger partial charge in [-0.2, -0.15) is 0 Å². The van der Waals surface area contributed by atoms with E-state index < -0.39 is 0 Å². The number of likely N-dealkylation sites (tertiary alicyclic amines) is 1. The van der Waals surface area contributed by atoms with Crippen molar-refractivity contribution in [1.29, 1.82) is 0 Å². The second-order valence-electron chi connectivity index (χ2n) is 5.92. The summed E-state index contributed by atoms with van der Waals surface area (Å²) < 4.78 is 0. The number of rotatable bonds is 4. The molecule has 1 fully saturated rings. The zero-order valence-corrected chi connectivity index (χ0v) is 13.5. The van der Waals surface area contributed by atoms with Crippen LogP contribution in [0.1, 0.15) is 23.2 Å². The number of para-hydroxylation sites is 2. The molecule has 0 aromatic heterocycles. The van der Waals surface area contributed by atoms with Gasteiger partial charge < -0.3 is 15.5 Å². The molecular weight excluding hydrogens is 286 g/mol. The van der Waals surface area contributed by atoms with Crippen molar-refractivity contribution in [3.05, 3.63) is 60.2 Å². The van der Waals surface area contributed by atoms with Crippen molar-refractivity contribution >= 4 is 17.3 Å². The molecule has 0 radical (unpaired) electrons. The molecule has 4 heteroatoms. The molecule has 0 bridgehead atoms. The van der Waals surface area contributed by atoms with Crippen LogP contribution in [0.15, 0.2) is 54.6 Å². The van der Waals surface area contributed by atoms with Gasteiger partial charge in [0.05, 0.1) is 11.3 Å². The Bertz CT molecular complexity index is 657. The lowest BCUT2D eigenvalue weighted by Gasteiger charge is -2.33. The molecule has 1 amide bonds. The van der Waals surface area contributed by atoms with Crippen LogP contribution in [0.4, 0.5) is 11.4 Å². The van der Waals surface area contributed by atoms with Crippen LogP contribution >= 0.6 is 0 Å². The van der Waals surface area contributed by atoms with Gasteiger partial charge in [0.25, 0.3) is 5.91 Å². The fourth-order valence-electron chi connectivity index (χ4n) is 3.02. The van der Waals surface area contributed by atoms with Crippen molar-refractivity contribution in [2.75, 3.05) is 25.5 Å². The topological polar surface area (TPSA) is 44.4 Å². The van der Waals surface area contributed by atoms with Crippen molar-refractivity contribution in [2.45, 2.75) is 18.9 Å². The molecule has 23 heavy (non-hydrogen) atoms. The molecular formula is C19H23N3O. The van der Waals surface area contributed by atoms with Crippen LogP contribution in [0.2, 0.25) is 0 Å². The van der Waals surface area contributed by atoms with E-state index in [4.69, 9.17) is 0 Å². The van der Waals surface area contributed by atoms with Gasteiger partial charge in [-0.25, -0.2) is 0 Å². The number of nitrogens with zero attached hydrogens (tertiary/aromatic N) is 1. The molecule has 2 aromatic carbocycles. The summed E-state index contributed by atoms with van der Waals surface area (Å²) in [6.45, 7) is 1.60. The van der Waals surface area contributed by atoms with E-state index in [9.17, 15) is 4.79 Å². The zero-order valence-electron chi connectivity index (χ0n) is 13.5. The number of amides is 1. The summed E-state index contributed by atoms with van der Waals surface area (Å²) in [5, 5.41) is 6.64. The van der Waals surface area contributed by atoms with E-state index in [-0.39, 0.29) is 5.91 Å². The monoisotopic (exact) mass is 309 g/mol. The Labute approximate surface area is 137 Å². The first-order valence-corrected chi connectivity index (χ1v) is 8.15. The van der Waals surface area contributed by atoms with Gasteiger partial charge in [-0.3, -0.25) is 4.79 Å². The minimum Gasteiger partial charge on any atom is -0.355 e. The highest BCUT2D eigenvalue weighted by molar-refractivity contribution is 6.00. The first kappa shape index (κ1) is 15.6. The maximum atomic E-state index is 12.9. The second kappa shape index (κ2) is 7.29. The molecule has 1 aliphatic rings. The quantitative estimate of drug-likeness (QED) is 0.911. The lowest BCUT2D eigenvalue weighted by atomic mass is 10.0. The second-order valence-corrected chi connectivity index (χ2v) is 5.92. The molecule has 1 unspecified atom stereocenters. The summed E-state index contributed by atoms with van der Waals surface area (Å²) in [5.74, 6) is 0.101. The molecule has 120 valence electrons. The number of carbonyl (C=O) groups excluding carboxylic acids is 1. The van der Waals surface area contributed by atoms with Crippen LogP contribution in [0.3, 0.4) is 0 Å². The lowest BCUT2D eigenvalue weighted by molar-refractivity contribution is 0.0699. The molecule has 2 N–H and O–H groups in total. The van der Waals surface area contributed by atoms with Crippen molar-refractivity contribution in [2.24, 2.45) is 0 Å². The number of anilines is 2. The Morgan fingerprint density at radius 2 is 1.83 bits per heavy atom. The van der Waals surface area contributed by atoms with E-state index in [2.05, 4.69) is 10.6 Å². The lowest BCUT2D eigenvalue weighted by Crippen LogP contribution is -2.47. The molecule has 0 spiro atoms. The number of nitrogens with one attached hydrogen (secondary N) is 2. The normalized spacial score (nSPS) is 17.8. The maximum absolute atomic E-state index is 12.9. The molecule has 1 atom stereocenters. The first-order chi connectivity index (χ1) is 11.3. The largest absolute Gasteiger partial charge is 0.355 e. The van der Waals surface area contributed by atoms with Gasteiger partial charge in [-0.1, -0.05) is 30.3 Å². The van der Waals surface area contributed by atoms with Crippen molar-refractivity contribution < 1.29 is 4.79 Å². The Kier molecular flexibility index (Phi) is 4.93. The van der Waals surface area contributed by atoms with Gasteiger partial charge in [0.15, 0.2) is 0 Å². The van der Waals surface area contributed by atoms with Crippen molar-refractivity contribution in [3.63, 3.8) is 0 Å². The molecule has 4 nitrogen and oxygen atoms in total. The minimum atomic E-state index is 0.101. The SMILES string of the molecule is CNC1CCCN(C(=O)c2ccccc2Nc2ccccc2)C1. The molecule has 2 aromatic rings. The van der Waals surface area contributed by atoms with Gasteiger partial charge >= 0.3 is 0 Å². The third-order valence-electron chi connectivity index (χ3n) is 4.33. The number of hydrogen-bond donors (Lipinski definition) is 2. The third kappa shape index (κ3) is 3.71. The smallest absolute Gasteiger partial charge is 0.256 e. The Morgan fingerprint density at radius 3 is 2.61 bits per heavy atom. The average Bonchev–Trinajstić information content (AvgIpc) is 2.62. The van der Waals surface area contributed by atoms with Crippen LogP contribution < -0.4 is 10.6 Å². The zero-order chi connectivity index (χ0) is 16.1. The summed E-state index contributed by atoms with van der Waals surface area (Å²) in [6, 6.07) is 18.1. The predicted molar refractivity (Wildman–Crippen MR) is 94.2 cm³/mol. The van der Waals surface area contributed by atoms with Gasteiger partial charge in [-0.15, -0.1) is 0 Å². The van der Waals surface area contributed by atoms with Crippen LogP contribution in [-0.4, -0.2) is 37.0 Å². The molecule has 3 rings (SSSR count). The molecule has 0 saturated carbocycles. The van der Waals surface area contributed by atoms with Crippen molar-refractivity contribution in [1.82, 2.24) is 10.2 Å². The van der Waals surface area contributed by atoms with Crippen LogP contribution in [-0.2, 0) is 0 Å². The minimum absolute atomic E-state index is 0.101. The third-order valence-corrected chi connectivity index (χ3v) is 4.33. The summed E-state index contributed by atoms with van der Waals surface area (Å²) in [4.78, 5) is 14.9. The highest BCUT2D eigenvalue weighted by Gasteiger charge is 2.24. The number of piperidine rings is 1. The average molecular weight is 309 g/mol. The number of benzene rings is 2. The van der Waals surface area contributed by atoms with Gasteiger partial charge in [0.1, 0.15) is 0 Å². The van der Waals surface area contributed by atoms with E-state index in [1.165, 1.54) is 0 Å². The highest BCUT2D eigenvalue weighted by Crippen LogP contribution is 2.23. The van der Waals surface area contributed by atoms with Crippen LogP contribution in [0.5, 0.6) is 0 Å². The van der Waals surface area contributed by atoms with Crippen molar-refractivity contribution in [3.8, 4) is 0 Å². The van der Waals surface area contributed by atoms with Crippen LogP contribution in [0, 0.1) is 0 Å². The van der Waals surface area contributed by atoms with E-state index in [1.54, 1.807) is 0 Å². The Morgan fingerprint density at radius 1 is 1.09 bits per heavy atom. The molecule has 1 saturated heterocycles. The molecule has 1 heterocycles. The van der Waals surface area contributed by atoms with E-state index >= 15 is 0 Å². The number of carbonyl (C=O) groups is 1. The molecule has 1 aliphatic heterocycles. The van der Waals surface area contributed by atoms with Gasteiger partial charge in [0, 0.05) is 24.8 Å². The van der Waals surface area contributed by atoms with E-state index in [0.29, 0.717) is 6.04 Å². The fraction of sp³-hybridized carbons (Fsp3) is 0.316. The summed E-state index contributed by atoms with van der Waals surface area (Å²) in [6.07, 6.45) is 2.18. The summed E-state index contributed by atoms with van der Waals surface area (Å²) >= 11 is 0. The Hall–Kier alpha value is -2.33. The highest BCUT2D eigenvalue weighted by atomic mass is 16.2. The number of hydrogen-bond acceptors (Lipinski definition) is 3. The number of likely N-dealkylation sites (N-methyl/N-ethyl adjacent to an activating group) is 1. The Balaban J connectivity index is 1.80.